The van der Waals surface area contributed by atoms with Gasteiger partial charge >= 0.3 is 0 Å². The number of anilines is 2. The van der Waals surface area contributed by atoms with Crippen molar-refractivity contribution in [2.75, 3.05) is 10.0 Å². The number of rotatable bonds is 3. The summed E-state index contributed by atoms with van der Waals surface area (Å²) in [5.74, 6) is 0. The molecule has 4 rings (SSSR count). The number of sulfonamides is 1. The Kier molecular flexibility index (Phi) is 3.73. The third-order valence-corrected chi connectivity index (χ3v) is 6.96. The molecule has 1 aliphatic heterocycles. The molecule has 0 radical (unpaired) electrons. The Morgan fingerprint density at radius 2 is 1.92 bits per heavy atom. The first kappa shape index (κ1) is 16.0. The molecule has 2 heterocycles. The molecule has 0 aliphatic carbocycles. The van der Waals surface area contributed by atoms with E-state index < -0.39 is 10.0 Å². The number of nitrogen functional groups attached to an aromatic ring is 1. The smallest absolute Gasteiger partial charge is 0.264 e. The van der Waals surface area contributed by atoms with Crippen LogP contribution in [0.2, 0.25) is 0 Å². The van der Waals surface area contributed by atoms with E-state index in [2.05, 4.69) is 10.2 Å². The van der Waals surface area contributed by atoms with Crippen molar-refractivity contribution in [2.45, 2.75) is 24.3 Å². The Balaban J connectivity index is 1.77. The van der Waals surface area contributed by atoms with Crippen LogP contribution in [0, 0.1) is 0 Å². The highest BCUT2D eigenvalue weighted by atomic mass is 32.2. The summed E-state index contributed by atoms with van der Waals surface area (Å²) < 4.78 is 27.6. The Morgan fingerprint density at radius 3 is 2.60 bits per heavy atom. The zero-order chi connectivity index (χ0) is 17.6. The lowest BCUT2D eigenvalue weighted by Gasteiger charge is -2.24. The second-order valence-corrected chi connectivity index (χ2v) is 8.78. The van der Waals surface area contributed by atoms with Crippen molar-refractivity contribution in [2.24, 2.45) is 0 Å². The third kappa shape index (κ3) is 2.67. The van der Waals surface area contributed by atoms with E-state index in [4.69, 9.17) is 5.73 Å². The first-order chi connectivity index (χ1) is 12.0. The number of benzene rings is 2. The van der Waals surface area contributed by atoms with E-state index in [-0.39, 0.29) is 6.04 Å². The molecular weight excluding hydrogens is 356 g/mol. The maximum absolute atomic E-state index is 13.1. The van der Waals surface area contributed by atoms with Gasteiger partial charge in [-0.25, -0.2) is 8.42 Å². The molecule has 2 N–H and O–H groups in total. The van der Waals surface area contributed by atoms with E-state index in [1.807, 2.05) is 25.1 Å². The molecule has 1 aromatic heterocycles. The first-order valence-electron chi connectivity index (χ1n) is 7.78. The fourth-order valence-corrected chi connectivity index (χ4v) is 5.48. The number of aromatic nitrogens is 2. The predicted molar refractivity (Wildman–Crippen MR) is 99.0 cm³/mol. The molecule has 0 amide bonds. The summed E-state index contributed by atoms with van der Waals surface area (Å²) in [5, 5.41) is 9.04. The summed E-state index contributed by atoms with van der Waals surface area (Å²) >= 11 is 1.31. The molecule has 8 heteroatoms. The summed E-state index contributed by atoms with van der Waals surface area (Å²) in [6.45, 7) is 1.92. The molecule has 25 heavy (non-hydrogen) atoms. The second-order valence-electron chi connectivity index (χ2n) is 5.96. The minimum atomic E-state index is -3.59. The van der Waals surface area contributed by atoms with Crippen LogP contribution in [0.3, 0.4) is 0 Å². The minimum Gasteiger partial charge on any atom is -0.374 e. The molecule has 1 aliphatic rings. The molecule has 0 spiro atoms. The van der Waals surface area contributed by atoms with E-state index in [0.29, 0.717) is 16.4 Å². The Hall–Kier alpha value is -2.45. The average Bonchev–Trinajstić information content (AvgIpc) is 3.17. The molecular formula is C17H16N4O2S2. The highest BCUT2D eigenvalue weighted by molar-refractivity contribution is 7.92. The van der Waals surface area contributed by atoms with E-state index in [9.17, 15) is 8.42 Å². The van der Waals surface area contributed by atoms with E-state index in [1.165, 1.54) is 15.6 Å². The lowest BCUT2D eigenvalue weighted by molar-refractivity contribution is 0.584. The molecule has 3 aromatic rings. The maximum atomic E-state index is 13.1. The number of hydrogen-bond donors (Lipinski definition) is 1. The number of nitrogens with two attached hydrogens (primary N) is 1. The largest absolute Gasteiger partial charge is 0.374 e. The van der Waals surface area contributed by atoms with Crippen LogP contribution in [0.4, 0.5) is 10.8 Å². The van der Waals surface area contributed by atoms with Crippen LogP contribution in [0.25, 0.3) is 10.6 Å². The number of hydrogen-bond acceptors (Lipinski definition) is 6. The van der Waals surface area contributed by atoms with Gasteiger partial charge in [0.1, 0.15) is 5.01 Å². The normalized spacial score (nSPS) is 16.8. The average molecular weight is 372 g/mol. The van der Waals surface area contributed by atoms with Gasteiger partial charge in [0, 0.05) is 11.6 Å². The summed E-state index contributed by atoms with van der Waals surface area (Å²) in [4.78, 5) is 0.302. The molecule has 0 saturated heterocycles. The van der Waals surface area contributed by atoms with Gasteiger partial charge in [0.15, 0.2) is 0 Å². The van der Waals surface area contributed by atoms with Crippen LogP contribution in [0.5, 0.6) is 0 Å². The standard InChI is InChI=1S/C17H16N4O2S2/c1-11-9-13-10-12(16-19-20-17(18)24-16)7-8-15(13)21(11)25(22,23)14-5-3-2-4-6-14/h2-8,10-11H,9H2,1H3,(H2,18,20)/t11-/m0/s1. The number of fused-ring (bicyclic) bond motifs is 1. The van der Waals surface area contributed by atoms with E-state index >= 15 is 0 Å². The molecule has 1 atom stereocenters. The quantitative estimate of drug-likeness (QED) is 0.763. The highest BCUT2D eigenvalue weighted by Crippen LogP contribution is 2.39. The molecule has 0 unspecified atom stereocenters. The van der Waals surface area contributed by atoms with Gasteiger partial charge in [-0.3, -0.25) is 4.31 Å². The summed E-state index contributed by atoms with van der Waals surface area (Å²) in [6.07, 6.45) is 0.656. The van der Waals surface area contributed by atoms with E-state index in [0.717, 1.165) is 21.8 Å². The fraction of sp³-hybridized carbons (Fsp3) is 0.176. The van der Waals surface area contributed by atoms with Crippen LogP contribution in [0.1, 0.15) is 12.5 Å². The summed E-state index contributed by atoms with van der Waals surface area (Å²) in [5.41, 5.74) is 8.26. The zero-order valence-corrected chi connectivity index (χ0v) is 15.1. The molecule has 0 bridgehead atoms. The van der Waals surface area contributed by atoms with Gasteiger partial charge in [0.2, 0.25) is 5.13 Å². The van der Waals surface area contributed by atoms with Gasteiger partial charge in [-0.2, -0.15) is 0 Å². The van der Waals surface area contributed by atoms with Crippen molar-refractivity contribution in [3.05, 3.63) is 54.1 Å². The van der Waals surface area contributed by atoms with Gasteiger partial charge in [0.05, 0.1) is 10.6 Å². The molecule has 0 saturated carbocycles. The van der Waals surface area contributed by atoms with E-state index in [1.54, 1.807) is 30.3 Å². The van der Waals surface area contributed by atoms with Crippen molar-refractivity contribution < 1.29 is 8.42 Å². The molecule has 0 fully saturated rings. The Morgan fingerprint density at radius 1 is 1.16 bits per heavy atom. The summed E-state index contributed by atoms with van der Waals surface area (Å²) in [6, 6.07) is 14.1. The van der Waals surface area contributed by atoms with Gasteiger partial charge in [-0.1, -0.05) is 29.5 Å². The van der Waals surface area contributed by atoms with Crippen molar-refractivity contribution in [1.82, 2.24) is 10.2 Å². The highest BCUT2D eigenvalue weighted by Gasteiger charge is 2.36. The maximum Gasteiger partial charge on any atom is 0.264 e. The van der Waals surface area contributed by atoms with Gasteiger partial charge in [-0.05, 0) is 49.2 Å². The van der Waals surface area contributed by atoms with Crippen molar-refractivity contribution in [3.63, 3.8) is 0 Å². The summed E-state index contributed by atoms with van der Waals surface area (Å²) in [7, 11) is -3.59. The Labute approximate surface area is 150 Å². The van der Waals surface area contributed by atoms with Gasteiger partial charge < -0.3 is 5.73 Å². The van der Waals surface area contributed by atoms with Gasteiger partial charge in [0.25, 0.3) is 10.0 Å². The monoisotopic (exact) mass is 372 g/mol. The number of nitrogens with zero attached hydrogens (tertiary/aromatic N) is 3. The second kappa shape index (κ2) is 5.82. The molecule has 6 nitrogen and oxygen atoms in total. The zero-order valence-electron chi connectivity index (χ0n) is 13.5. The lowest BCUT2D eigenvalue weighted by atomic mass is 10.1. The van der Waals surface area contributed by atoms with Crippen molar-refractivity contribution in [1.29, 1.82) is 0 Å². The first-order valence-corrected chi connectivity index (χ1v) is 10.0. The van der Waals surface area contributed by atoms with Gasteiger partial charge in [-0.15, -0.1) is 10.2 Å². The van der Waals surface area contributed by atoms with Crippen molar-refractivity contribution >= 4 is 32.2 Å². The van der Waals surface area contributed by atoms with Crippen LogP contribution in [-0.4, -0.2) is 24.7 Å². The van der Waals surface area contributed by atoms with Crippen molar-refractivity contribution in [3.8, 4) is 10.6 Å². The Bertz CT molecular complexity index is 1030. The molecule has 128 valence electrons. The van der Waals surface area contributed by atoms with Crippen LogP contribution >= 0.6 is 11.3 Å². The topological polar surface area (TPSA) is 89.2 Å². The molecule has 2 aromatic carbocycles. The fourth-order valence-electron chi connectivity index (χ4n) is 3.16. The SMILES string of the molecule is C[C@H]1Cc2cc(-c3nnc(N)s3)ccc2N1S(=O)(=O)c1ccccc1. The third-order valence-electron chi connectivity index (χ3n) is 4.22. The minimum absolute atomic E-state index is 0.144. The lowest BCUT2D eigenvalue weighted by Crippen LogP contribution is -2.35. The van der Waals surface area contributed by atoms with Crippen LogP contribution in [0.15, 0.2) is 53.4 Å². The predicted octanol–water partition coefficient (Wildman–Crippen LogP) is 2.93. The van der Waals surface area contributed by atoms with Crippen LogP contribution < -0.4 is 10.0 Å². The van der Waals surface area contributed by atoms with Crippen LogP contribution in [-0.2, 0) is 16.4 Å².